The second kappa shape index (κ2) is 7.28. The van der Waals surface area contributed by atoms with E-state index in [1.807, 2.05) is 0 Å². The monoisotopic (exact) mass is 309 g/mol. The van der Waals surface area contributed by atoms with E-state index in [1.165, 1.54) is 0 Å². The van der Waals surface area contributed by atoms with Crippen molar-refractivity contribution in [3.05, 3.63) is 0 Å². The summed E-state index contributed by atoms with van der Waals surface area (Å²) in [5.41, 5.74) is 0. The molecule has 0 bridgehead atoms. The van der Waals surface area contributed by atoms with Gasteiger partial charge in [0.05, 0.1) is 12.2 Å². The summed E-state index contributed by atoms with van der Waals surface area (Å²) in [6, 6.07) is 0.417. The predicted octanol–water partition coefficient (Wildman–Crippen LogP) is 1.09. The molecule has 3 rings (SSSR count). The fourth-order valence-corrected chi connectivity index (χ4v) is 4.35. The van der Waals surface area contributed by atoms with E-state index in [2.05, 4.69) is 29.0 Å². The number of morpholine rings is 1. The van der Waals surface area contributed by atoms with Crippen LogP contribution in [0.15, 0.2) is 0 Å². The zero-order valence-electron chi connectivity index (χ0n) is 14.1. The maximum absolute atomic E-state index is 12.8. The first-order valence-electron chi connectivity index (χ1n) is 9.02. The standard InChI is InChI=1S/C17H31N3O2/c1-13-10-19(11-14(2)22-13)12-16-4-3-9-20(16)17(21)15-5-7-18-8-6-15/h13-16,18H,3-12H2,1-2H3/t13-,14-,16+/m1/s1. The van der Waals surface area contributed by atoms with Crippen molar-refractivity contribution < 1.29 is 9.53 Å². The molecule has 0 spiro atoms. The summed E-state index contributed by atoms with van der Waals surface area (Å²) in [6.07, 6.45) is 4.95. The number of carbonyl (C=O) groups excluding carboxylic acids is 1. The summed E-state index contributed by atoms with van der Waals surface area (Å²) in [4.78, 5) is 17.5. The molecular formula is C17H31N3O2. The normalized spacial score (nSPS) is 35.0. The molecule has 3 fully saturated rings. The van der Waals surface area contributed by atoms with Crippen molar-refractivity contribution in [3.8, 4) is 0 Å². The molecule has 0 aromatic carbocycles. The Hall–Kier alpha value is -0.650. The lowest BCUT2D eigenvalue weighted by Crippen LogP contribution is -2.52. The van der Waals surface area contributed by atoms with Crippen LogP contribution in [-0.2, 0) is 9.53 Å². The maximum atomic E-state index is 12.8. The van der Waals surface area contributed by atoms with Crippen LogP contribution in [0.5, 0.6) is 0 Å². The summed E-state index contributed by atoms with van der Waals surface area (Å²) >= 11 is 0. The molecule has 0 saturated carbocycles. The Morgan fingerprint density at radius 1 is 1.14 bits per heavy atom. The van der Waals surface area contributed by atoms with Crippen molar-refractivity contribution in [1.82, 2.24) is 15.1 Å². The fourth-order valence-electron chi connectivity index (χ4n) is 4.35. The number of carbonyl (C=O) groups is 1. The number of piperidine rings is 1. The van der Waals surface area contributed by atoms with Gasteiger partial charge in [0.25, 0.3) is 0 Å². The molecule has 0 aliphatic carbocycles. The molecule has 3 aliphatic heterocycles. The first-order chi connectivity index (χ1) is 10.6. The molecule has 22 heavy (non-hydrogen) atoms. The average molecular weight is 309 g/mol. The van der Waals surface area contributed by atoms with Crippen LogP contribution in [0.1, 0.15) is 39.5 Å². The van der Waals surface area contributed by atoms with Gasteiger partial charge < -0.3 is 15.0 Å². The average Bonchev–Trinajstić information content (AvgIpc) is 2.94. The van der Waals surface area contributed by atoms with Crippen molar-refractivity contribution >= 4 is 5.91 Å². The van der Waals surface area contributed by atoms with Gasteiger partial charge in [-0.1, -0.05) is 0 Å². The molecule has 1 amide bonds. The summed E-state index contributed by atoms with van der Waals surface area (Å²) in [5.74, 6) is 0.669. The first-order valence-corrected chi connectivity index (χ1v) is 9.02. The minimum atomic E-state index is 0.254. The van der Waals surface area contributed by atoms with Crippen LogP contribution in [0.4, 0.5) is 0 Å². The highest BCUT2D eigenvalue weighted by Crippen LogP contribution is 2.25. The number of nitrogens with zero attached hydrogens (tertiary/aromatic N) is 2. The highest BCUT2D eigenvalue weighted by molar-refractivity contribution is 5.79. The van der Waals surface area contributed by atoms with Crippen LogP contribution in [0.2, 0.25) is 0 Å². The van der Waals surface area contributed by atoms with Gasteiger partial charge in [0, 0.05) is 38.1 Å². The lowest BCUT2D eigenvalue weighted by molar-refractivity contribution is -0.138. The summed E-state index contributed by atoms with van der Waals surface area (Å²) in [5, 5.41) is 3.35. The van der Waals surface area contributed by atoms with E-state index in [-0.39, 0.29) is 5.92 Å². The van der Waals surface area contributed by atoms with E-state index in [0.717, 1.165) is 65.0 Å². The number of hydrogen-bond acceptors (Lipinski definition) is 4. The van der Waals surface area contributed by atoms with Gasteiger partial charge in [-0.05, 0) is 52.6 Å². The summed E-state index contributed by atoms with van der Waals surface area (Å²) in [6.45, 7) is 10.3. The van der Waals surface area contributed by atoms with Crippen LogP contribution in [0.3, 0.4) is 0 Å². The molecule has 0 unspecified atom stereocenters. The van der Waals surface area contributed by atoms with Gasteiger partial charge in [0.1, 0.15) is 0 Å². The number of rotatable bonds is 3. The van der Waals surface area contributed by atoms with E-state index >= 15 is 0 Å². The summed E-state index contributed by atoms with van der Waals surface area (Å²) in [7, 11) is 0. The lowest BCUT2D eigenvalue weighted by atomic mass is 9.96. The Balaban J connectivity index is 1.57. The fraction of sp³-hybridized carbons (Fsp3) is 0.941. The molecule has 3 saturated heterocycles. The topological polar surface area (TPSA) is 44.8 Å². The second-order valence-corrected chi connectivity index (χ2v) is 7.33. The summed E-state index contributed by atoms with van der Waals surface area (Å²) < 4.78 is 5.82. The van der Waals surface area contributed by atoms with Gasteiger partial charge in [0.15, 0.2) is 0 Å². The van der Waals surface area contributed by atoms with E-state index in [1.54, 1.807) is 0 Å². The Morgan fingerprint density at radius 3 is 2.50 bits per heavy atom. The number of hydrogen-bond donors (Lipinski definition) is 1. The van der Waals surface area contributed by atoms with Crippen molar-refractivity contribution in [3.63, 3.8) is 0 Å². The molecule has 0 aromatic rings. The zero-order chi connectivity index (χ0) is 15.5. The number of ether oxygens (including phenoxy) is 1. The van der Waals surface area contributed by atoms with Crippen molar-refractivity contribution in [2.75, 3.05) is 39.3 Å². The van der Waals surface area contributed by atoms with Gasteiger partial charge in [0.2, 0.25) is 5.91 Å². The predicted molar refractivity (Wildman–Crippen MR) is 86.8 cm³/mol. The second-order valence-electron chi connectivity index (χ2n) is 7.33. The van der Waals surface area contributed by atoms with Gasteiger partial charge in [-0.15, -0.1) is 0 Å². The number of likely N-dealkylation sites (tertiary alicyclic amines) is 1. The van der Waals surface area contributed by atoms with Crippen LogP contribution in [0.25, 0.3) is 0 Å². The van der Waals surface area contributed by atoms with E-state index in [9.17, 15) is 4.79 Å². The highest BCUT2D eigenvalue weighted by atomic mass is 16.5. The lowest BCUT2D eigenvalue weighted by Gasteiger charge is -2.39. The smallest absolute Gasteiger partial charge is 0.226 e. The minimum Gasteiger partial charge on any atom is -0.373 e. The first kappa shape index (κ1) is 16.2. The molecule has 3 aliphatic rings. The third-order valence-corrected chi connectivity index (χ3v) is 5.31. The Labute approximate surface area is 134 Å². The third kappa shape index (κ3) is 3.81. The van der Waals surface area contributed by atoms with Gasteiger partial charge >= 0.3 is 0 Å². The van der Waals surface area contributed by atoms with Crippen LogP contribution < -0.4 is 5.32 Å². The molecule has 3 heterocycles. The minimum absolute atomic E-state index is 0.254. The van der Waals surface area contributed by atoms with Crippen molar-refractivity contribution in [2.45, 2.75) is 57.8 Å². The van der Waals surface area contributed by atoms with E-state index in [0.29, 0.717) is 24.2 Å². The number of nitrogens with one attached hydrogen (secondary N) is 1. The van der Waals surface area contributed by atoms with Crippen LogP contribution >= 0.6 is 0 Å². The highest BCUT2D eigenvalue weighted by Gasteiger charge is 2.35. The molecule has 5 heteroatoms. The molecule has 126 valence electrons. The molecule has 3 atom stereocenters. The Morgan fingerprint density at radius 2 is 1.82 bits per heavy atom. The molecule has 0 aromatic heterocycles. The van der Waals surface area contributed by atoms with Crippen molar-refractivity contribution in [2.24, 2.45) is 5.92 Å². The van der Waals surface area contributed by atoms with E-state index in [4.69, 9.17) is 4.74 Å². The maximum Gasteiger partial charge on any atom is 0.226 e. The van der Waals surface area contributed by atoms with Gasteiger partial charge in [-0.2, -0.15) is 0 Å². The van der Waals surface area contributed by atoms with Crippen LogP contribution in [-0.4, -0.2) is 73.2 Å². The SMILES string of the molecule is C[C@@H]1CN(C[C@@H]2CCCN2C(=O)C2CCNCC2)C[C@@H](C)O1. The Bertz CT molecular complexity index is 374. The molecule has 5 nitrogen and oxygen atoms in total. The molecular weight excluding hydrogens is 278 g/mol. The molecule has 0 radical (unpaired) electrons. The van der Waals surface area contributed by atoms with Crippen molar-refractivity contribution in [1.29, 1.82) is 0 Å². The van der Waals surface area contributed by atoms with Gasteiger partial charge in [-0.3, -0.25) is 9.69 Å². The van der Waals surface area contributed by atoms with Gasteiger partial charge in [-0.25, -0.2) is 0 Å². The number of amides is 1. The largest absolute Gasteiger partial charge is 0.373 e. The van der Waals surface area contributed by atoms with Crippen LogP contribution in [0, 0.1) is 5.92 Å². The zero-order valence-corrected chi connectivity index (χ0v) is 14.1. The quantitative estimate of drug-likeness (QED) is 0.847. The molecule has 1 N–H and O–H groups in total. The van der Waals surface area contributed by atoms with E-state index < -0.39 is 0 Å². The Kier molecular flexibility index (Phi) is 5.37. The third-order valence-electron chi connectivity index (χ3n) is 5.31.